The normalized spacial score (nSPS) is 24.1. The first-order valence-corrected chi connectivity index (χ1v) is 6.72. The third-order valence-electron chi connectivity index (χ3n) is 3.07. The van der Waals surface area contributed by atoms with Gasteiger partial charge in [-0.3, -0.25) is 4.79 Å². The van der Waals surface area contributed by atoms with Crippen LogP contribution in [0.25, 0.3) is 0 Å². The summed E-state index contributed by atoms with van der Waals surface area (Å²) in [5, 5.41) is 24.4. The summed E-state index contributed by atoms with van der Waals surface area (Å²) in [5.41, 5.74) is -0.790. The number of piperidine rings is 1. The minimum atomic E-state index is -1.17. The maximum absolute atomic E-state index is 12.2. The molecule has 6 nitrogen and oxygen atoms in total. The fraction of sp³-hybridized carbons (Fsp3) is 0.636. The highest BCUT2D eigenvalue weighted by Crippen LogP contribution is 2.23. The summed E-state index contributed by atoms with van der Waals surface area (Å²) in [6.07, 6.45) is 1.21. The minimum Gasteiger partial charge on any atom is -0.393 e. The van der Waals surface area contributed by atoms with E-state index in [-0.39, 0.29) is 19.1 Å². The lowest BCUT2D eigenvalue weighted by Crippen LogP contribution is -2.52. The van der Waals surface area contributed by atoms with Crippen LogP contribution < -0.4 is 5.32 Å². The second-order valence-corrected chi connectivity index (χ2v) is 5.36. The number of likely N-dealkylation sites (tertiary alicyclic amines) is 1. The van der Waals surface area contributed by atoms with E-state index in [9.17, 15) is 9.90 Å². The van der Waals surface area contributed by atoms with Gasteiger partial charge in [-0.2, -0.15) is 0 Å². The Kier molecular flexibility index (Phi) is 3.84. The van der Waals surface area contributed by atoms with Crippen LogP contribution in [0.5, 0.6) is 0 Å². The van der Waals surface area contributed by atoms with Gasteiger partial charge in [-0.05, 0) is 12.8 Å². The average molecular weight is 271 g/mol. The first-order chi connectivity index (χ1) is 8.58. The summed E-state index contributed by atoms with van der Waals surface area (Å²) in [6, 6.07) is 0. The van der Waals surface area contributed by atoms with Crippen LogP contribution in [0.1, 0.15) is 23.3 Å². The van der Waals surface area contributed by atoms with Crippen molar-refractivity contribution in [3.8, 4) is 0 Å². The van der Waals surface area contributed by atoms with Crippen molar-refractivity contribution in [2.45, 2.75) is 18.4 Å². The van der Waals surface area contributed by atoms with Gasteiger partial charge in [0.05, 0.1) is 13.2 Å². The van der Waals surface area contributed by atoms with E-state index in [0.29, 0.717) is 30.2 Å². The van der Waals surface area contributed by atoms with E-state index in [1.54, 1.807) is 17.3 Å². The maximum Gasteiger partial charge on any atom is 0.273 e. The van der Waals surface area contributed by atoms with Gasteiger partial charge in [0.1, 0.15) is 11.3 Å². The summed E-state index contributed by atoms with van der Waals surface area (Å²) in [5.74, 6) is -0.195. The smallest absolute Gasteiger partial charge is 0.273 e. The van der Waals surface area contributed by atoms with Gasteiger partial charge in [-0.25, -0.2) is 4.98 Å². The summed E-state index contributed by atoms with van der Waals surface area (Å²) in [4.78, 5) is 17.9. The highest BCUT2D eigenvalue weighted by molar-refractivity contribution is 7.13. The number of rotatable bonds is 3. The van der Waals surface area contributed by atoms with Crippen molar-refractivity contribution in [2.24, 2.45) is 0 Å². The number of nitrogens with zero attached hydrogens (tertiary/aromatic N) is 2. The van der Waals surface area contributed by atoms with Gasteiger partial charge in [0.25, 0.3) is 5.91 Å². The first kappa shape index (κ1) is 13.3. The molecule has 0 spiro atoms. The van der Waals surface area contributed by atoms with E-state index in [0.717, 1.165) is 0 Å². The monoisotopic (exact) mass is 271 g/mol. The number of hydrogen-bond donors (Lipinski definition) is 3. The van der Waals surface area contributed by atoms with Crippen LogP contribution in [0.3, 0.4) is 0 Å². The Hall–Kier alpha value is -1.18. The highest BCUT2D eigenvalue weighted by atomic mass is 32.1. The van der Waals surface area contributed by atoms with E-state index in [4.69, 9.17) is 5.11 Å². The number of β-amino-alcohol motifs (C(OH)–C–C–N with tert-alkyl or cyclic N) is 1. The number of amides is 1. The van der Waals surface area contributed by atoms with Crippen molar-refractivity contribution < 1.29 is 15.0 Å². The van der Waals surface area contributed by atoms with Gasteiger partial charge in [-0.1, -0.05) is 0 Å². The van der Waals surface area contributed by atoms with Crippen molar-refractivity contribution in [1.29, 1.82) is 0 Å². The molecule has 0 radical (unpaired) electrons. The highest BCUT2D eigenvalue weighted by Gasteiger charge is 2.35. The molecule has 2 rings (SSSR count). The van der Waals surface area contributed by atoms with Gasteiger partial charge in [0, 0.05) is 19.0 Å². The van der Waals surface area contributed by atoms with Crippen LogP contribution in [-0.4, -0.2) is 58.3 Å². The molecule has 0 saturated carbocycles. The molecule has 0 bridgehead atoms. The van der Waals surface area contributed by atoms with Crippen LogP contribution in [0, 0.1) is 0 Å². The molecular formula is C11H17N3O3S. The quantitative estimate of drug-likeness (QED) is 0.728. The number of aliphatic hydroxyl groups is 2. The van der Waals surface area contributed by atoms with Crippen LogP contribution in [0.4, 0.5) is 5.13 Å². The zero-order chi connectivity index (χ0) is 13.2. The number of anilines is 1. The summed E-state index contributed by atoms with van der Waals surface area (Å²) >= 11 is 1.37. The Bertz CT molecular complexity index is 437. The number of hydrogen-bond acceptors (Lipinski definition) is 6. The molecule has 1 aromatic rings. The molecule has 18 heavy (non-hydrogen) atoms. The molecule has 1 fully saturated rings. The average Bonchev–Trinajstić information content (AvgIpc) is 2.86. The molecule has 1 amide bonds. The number of aromatic nitrogens is 1. The van der Waals surface area contributed by atoms with Crippen LogP contribution in [0.2, 0.25) is 0 Å². The van der Waals surface area contributed by atoms with E-state index < -0.39 is 5.60 Å². The van der Waals surface area contributed by atoms with Crippen molar-refractivity contribution in [3.63, 3.8) is 0 Å². The summed E-state index contributed by atoms with van der Waals surface area (Å²) < 4.78 is 0. The van der Waals surface area contributed by atoms with Gasteiger partial charge in [-0.15, -0.1) is 11.3 Å². The number of carbonyl (C=O) groups is 1. The molecule has 1 aromatic heterocycles. The maximum atomic E-state index is 12.2. The SMILES string of the molecule is CNc1nc(C(=O)N2CCC[C@](O)(CO)C2)cs1. The predicted octanol–water partition coefficient (Wildman–Crippen LogP) is 0.144. The lowest BCUT2D eigenvalue weighted by atomic mass is 9.93. The third-order valence-corrected chi connectivity index (χ3v) is 3.93. The van der Waals surface area contributed by atoms with Gasteiger partial charge in [0.2, 0.25) is 0 Å². The Morgan fingerprint density at radius 1 is 1.72 bits per heavy atom. The molecule has 1 atom stereocenters. The van der Waals surface area contributed by atoms with Gasteiger partial charge >= 0.3 is 0 Å². The topological polar surface area (TPSA) is 85.7 Å². The van der Waals surface area contributed by atoms with E-state index in [1.165, 1.54) is 11.3 Å². The number of nitrogens with one attached hydrogen (secondary N) is 1. The molecule has 1 saturated heterocycles. The first-order valence-electron chi connectivity index (χ1n) is 5.84. The molecule has 0 aliphatic carbocycles. The van der Waals surface area contributed by atoms with Crippen LogP contribution in [0.15, 0.2) is 5.38 Å². The Morgan fingerprint density at radius 3 is 3.11 bits per heavy atom. The van der Waals surface area contributed by atoms with Crippen molar-refractivity contribution in [2.75, 3.05) is 32.1 Å². The molecule has 7 heteroatoms. The molecule has 1 aliphatic rings. The molecule has 3 N–H and O–H groups in total. The van der Waals surface area contributed by atoms with E-state index in [2.05, 4.69) is 10.3 Å². The number of aliphatic hydroxyl groups excluding tert-OH is 1. The zero-order valence-electron chi connectivity index (χ0n) is 10.2. The summed E-state index contributed by atoms with van der Waals surface area (Å²) in [7, 11) is 1.75. The predicted molar refractivity (Wildman–Crippen MR) is 68.8 cm³/mol. The number of carbonyl (C=O) groups excluding carboxylic acids is 1. The fourth-order valence-electron chi connectivity index (χ4n) is 2.06. The molecule has 1 aliphatic heterocycles. The molecule has 0 aromatic carbocycles. The Labute approximate surface area is 109 Å². The Morgan fingerprint density at radius 2 is 2.50 bits per heavy atom. The van der Waals surface area contributed by atoms with Crippen LogP contribution in [-0.2, 0) is 0 Å². The minimum absolute atomic E-state index is 0.161. The van der Waals surface area contributed by atoms with Gasteiger partial charge < -0.3 is 20.4 Å². The second-order valence-electron chi connectivity index (χ2n) is 4.50. The lowest BCUT2D eigenvalue weighted by molar-refractivity contribution is -0.0599. The van der Waals surface area contributed by atoms with E-state index >= 15 is 0 Å². The van der Waals surface area contributed by atoms with E-state index in [1.807, 2.05) is 0 Å². The molecule has 2 heterocycles. The standard InChI is InChI=1S/C11H17N3O3S/c1-12-10-13-8(5-18-10)9(16)14-4-2-3-11(17,6-14)7-15/h5,15,17H,2-4,6-7H2,1H3,(H,12,13)/t11-/m1/s1. The van der Waals surface area contributed by atoms with Crippen molar-refractivity contribution in [1.82, 2.24) is 9.88 Å². The number of thiazole rings is 1. The fourth-order valence-corrected chi connectivity index (χ4v) is 2.71. The lowest BCUT2D eigenvalue weighted by Gasteiger charge is -2.37. The molecular weight excluding hydrogens is 254 g/mol. The second kappa shape index (κ2) is 5.21. The Balaban J connectivity index is 2.09. The van der Waals surface area contributed by atoms with Crippen molar-refractivity contribution in [3.05, 3.63) is 11.1 Å². The van der Waals surface area contributed by atoms with Crippen molar-refractivity contribution >= 4 is 22.4 Å². The molecule has 0 unspecified atom stereocenters. The largest absolute Gasteiger partial charge is 0.393 e. The molecule has 100 valence electrons. The van der Waals surface area contributed by atoms with Gasteiger partial charge in [0.15, 0.2) is 5.13 Å². The third kappa shape index (κ3) is 2.63. The van der Waals surface area contributed by atoms with Crippen LogP contribution >= 0.6 is 11.3 Å². The summed E-state index contributed by atoms with van der Waals surface area (Å²) in [6.45, 7) is 0.428. The zero-order valence-corrected chi connectivity index (χ0v) is 11.0.